The maximum absolute atomic E-state index is 11.4. The van der Waals surface area contributed by atoms with Gasteiger partial charge in [-0.2, -0.15) is 0 Å². The number of hydrogen-bond acceptors (Lipinski definition) is 3. The van der Waals surface area contributed by atoms with Crippen molar-refractivity contribution in [2.75, 3.05) is 12.3 Å². The average molecular weight is 325 g/mol. The Labute approximate surface area is 142 Å². The maximum atomic E-state index is 11.4. The molecule has 120 valence electrons. The van der Waals surface area contributed by atoms with Gasteiger partial charge >= 0.3 is 0 Å². The summed E-state index contributed by atoms with van der Waals surface area (Å²) in [5, 5.41) is 0. The highest BCUT2D eigenvalue weighted by molar-refractivity contribution is 7.99. The number of nitrogens with zero attached hydrogens (tertiary/aromatic N) is 1. The molecule has 2 nitrogen and oxygen atoms in total. The molecule has 0 bridgehead atoms. The summed E-state index contributed by atoms with van der Waals surface area (Å²) in [5.74, 6) is 1.26. The van der Waals surface area contributed by atoms with Gasteiger partial charge in [-0.15, -0.1) is 11.8 Å². The monoisotopic (exact) mass is 325 g/mol. The Balaban J connectivity index is 1.74. The fraction of sp³-hybridized carbons (Fsp3) is 0.350. The van der Waals surface area contributed by atoms with Crippen LogP contribution in [0.4, 0.5) is 0 Å². The van der Waals surface area contributed by atoms with Crippen molar-refractivity contribution in [1.29, 1.82) is 0 Å². The highest BCUT2D eigenvalue weighted by Gasteiger charge is 2.15. The molecule has 0 saturated carbocycles. The van der Waals surface area contributed by atoms with Crippen LogP contribution in [-0.4, -0.2) is 23.0 Å². The van der Waals surface area contributed by atoms with E-state index in [1.165, 1.54) is 21.6 Å². The van der Waals surface area contributed by atoms with E-state index < -0.39 is 0 Å². The third kappa shape index (κ3) is 4.04. The number of thioether (sulfide) groups is 1. The van der Waals surface area contributed by atoms with Crippen LogP contribution in [0.25, 0.3) is 0 Å². The van der Waals surface area contributed by atoms with E-state index in [2.05, 4.69) is 42.2 Å². The van der Waals surface area contributed by atoms with Crippen molar-refractivity contribution in [3.8, 4) is 0 Å². The second-order valence-electron chi connectivity index (χ2n) is 6.11. The summed E-state index contributed by atoms with van der Waals surface area (Å²) in [4.78, 5) is 15.3. The number of hydrogen-bond donors (Lipinski definition) is 0. The van der Waals surface area contributed by atoms with Crippen molar-refractivity contribution in [1.82, 2.24) is 4.90 Å². The molecule has 1 aliphatic heterocycles. The molecule has 0 saturated heterocycles. The predicted molar refractivity (Wildman–Crippen MR) is 97.1 cm³/mol. The van der Waals surface area contributed by atoms with Gasteiger partial charge in [0.1, 0.15) is 0 Å². The normalized spacial score (nSPS) is 15.0. The molecule has 0 aromatic heterocycles. The van der Waals surface area contributed by atoms with Gasteiger partial charge in [-0.3, -0.25) is 9.69 Å². The van der Waals surface area contributed by atoms with Gasteiger partial charge < -0.3 is 0 Å². The fourth-order valence-corrected chi connectivity index (χ4v) is 4.00. The minimum atomic E-state index is 0.128. The largest absolute Gasteiger partial charge is 0.295 e. The van der Waals surface area contributed by atoms with E-state index in [0.717, 1.165) is 37.4 Å². The number of carbonyl (C=O) groups excluding carboxylic acids is 1. The topological polar surface area (TPSA) is 20.3 Å². The number of ketones is 1. The first-order valence-corrected chi connectivity index (χ1v) is 9.21. The number of carbonyl (C=O) groups is 1. The summed E-state index contributed by atoms with van der Waals surface area (Å²) in [6.45, 7) is 6.86. The van der Waals surface area contributed by atoms with Gasteiger partial charge in [-0.05, 0) is 36.1 Å². The zero-order valence-corrected chi connectivity index (χ0v) is 14.7. The summed E-state index contributed by atoms with van der Waals surface area (Å²) >= 11 is 1.96. The molecule has 0 radical (unpaired) electrons. The van der Waals surface area contributed by atoms with Crippen molar-refractivity contribution in [2.45, 2.75) is 38.3 Å². The van der Waals surface area contributed by atoms with Gasteiger partial charge in [0.05, 0.1) is 0 Å². The molecule has 0 amide bonds. The van der Waals surface area contributed by atoms with Crippen molar-refractivity contribution in [2.24, 2.45) is 0 Å². The first kappa shape index (κ1) is 16.3. The molecule has 0 N–H and O–H groups in total. The lowest BCUT2D eigenvalue weighted by atomic mass is 10.1. The molecule has 3 heteroatoms. The van der Waals surface area contributed by atoms with Gasteiger partial charge in [0.2, 0.25) is 0 Å². The maximum Gasteiger partial charge on any atom is 0.159 e. The second kappa shape index (κ2) is 7.33. The number of rotatable bonds is 4. The highest BCUT2D eigenvalue weighted by Crippen LogP contribution is 2.29. The smallest absolute Gasteiger partial charge is 0.159 e. The van der Waals surface area contributed by atoms with E-state index in [1.807, 2.05) is 23.9 Å². The number of benzene rings is 2. The molecule has 0 unspecified atom stereocenters. The Morgan fingerprint density at radius 3 is 2.57 bits per heavy atom. The Morgan fingerprint density at radius 2 is 1.87 bits per heavy atom. The lowest BCUT2D eigenvalue weighted by molar-refractivity contribution is 0.101. The summed E-state index contributed by atoms with van der Waals surface area (Å²) in [6, 6.07) is 14.9. The van der Waals surface area contributed by atoms with Crippen LogP contribution in [0.1, 0.15) is 40.9 Å². The van der Waals surface area contributed by atoms with E-state index in [-0.39, 0.29) is 5.78 Å². The van der Waals surface area contributed by atoms with Gasteiger partial charge in [-0.1, -0.05) is 43.3 Å². The van der Waals surface area contributed by atoms with Crippen LogP contribution < -0.4 is 0 Å². The van der Waals surface area contributed by atoms with Crippen LogP contribution in [-0.2, 0) is 19.5 Å². The minimum absolute atomic E-state index is 0.128. The molecular weight excluding hydrogens is 302 g/mol. The molecular formula is C20H23NOS. The first-order valence-electron chi connectivity index (χ1n) is 8.22. The Morgan fingerprint density at radius 1 is 1.13 bits per heavy atom. The Hall–Kier alpha value is -1.58. The van der Waals surface area contributed by atoms with Crippen LogP contribution in [0.15, 0.2) is 47.4 Å². The van der Waals surface area contributed by atoms with Crippen LogP contribution in [0, 0.1) is 0 Å². The lowest BCUT2D eigenvalue weighted by Gasteiger charge is -2.20. The molecule has 3 rings (SSSR count). The molecule has 2 aromatic rings. The zero-order chi connectivity index (χ0) is 16.2. The number of aryl methyl sites for hydroxylation is 1. The zero-order valence-electron chi connectivity index (χ0n) is 13.8. The number of fused-ring (bicyclic) bond motifs is 1. The van der Waals surface area contributed by atoms with Crippen molar-refractivity contribution in [3.05, 3.63) is 64.7 Å². The van der Waals surface area contributed by atoms with Crippen molar-refractivity contribution in [3.63, 3.8) is 0 Å². The molecule has 23 heavy (non-hydrogen) atoms. The first-order chi connectivity index (χ1) is 11.2. The Kier molecular flexibility index (Phi) is 5.19. The molecule has 0 spiro atoms. The van der Waals surface area contributed by atoms with Gasteiger partial charge in [0, 0.05) is 35.8 Å². The van der Waals surface area contributed by atoms with Crippen molar-refractivity contribution < 1.29 is 4.79 Å². The molecule has 0 atom stereocenters. The van der Waals surface area contributed by atoms with E-state index in [9.17, 15) is 4.79 Å². The number of Topliss-reactive ketones (excluding diaryl/α,β-unsaturated/α-hetero) is 1. The molecule has 1 heterocycles. The highest BCUT2D eigenvalue weighted by atomic mass is 32.2. The van der Waals surface area contributed by atoms with Gasteiger partial charge in [0.15, 0.2) is 5.78 Å². The molecule has 0 aliphatic carbocycles. The summed E-state index contributed by atoms with van der Waals surface area (Å²) in [5.41, 5.74) is 4.93. The summed E-state index contributed by atoms with van der Waals surface area (Å²) in [6.07, 6.45) is 1.09. The summed E-state index contributed by atoms with van der Waals surface area (Å²) < 4.78 is 0. The van der Waals surface area contributed by atoms with Crippen LogP contribution >= 0.6 is 11.8 Å². The third-order valence-corrected chi connectivity index (χ3v) is 5.45. The molecule has 0 fully saturated rings. The van der Waals surface area contributed by atoms with Crippen molar-refractivity contribution >= 4 is 17.5 Å². The quantitative estimate of drug-likeness (QED) is 0.769. The Bertz CT molecular complexity index is 693. The second-order valence-corrected chi connectivity index (χ2v) is 7.24. The third-order valence-electron chi connectivity index (χ3n) is 4.36. The van der Waals surface area contributed by atoms with Gasteiger partial charge in [0.25, 0.3) is 0 Å². The van der Waals surface area contributed by atoms with E-state index >= 15 is 0 Å². The SMILES string of the molecule is CCc1ccc2c(c1)CN(Cc1ccc(C(C)=O)cc1)CCS2. The standard InChI is InChI=1S/C20H23NOS/c1-3-16-6-9-20-19(12-16)14-21(10-11-23-20)13-17-4-7-18(8-5-17)15(2)22/h4-9,12H,3,10-11,13-14H2,1-2H3. The van der Waals surface area contributed by atoms with Crippen LogP contribution in [0.2, 0.25) is 0 Å². The molecule has 1 aliphatic rings. The van der Waals surface area contributed by atoms with E-state index in [0.29, 0.717) is 0 Å². The lowest BCUT2D eigenvalue weighted by Crippen LogP contribution is -2.24. The van der Waals surface area contributed by atoms with Crippen LogP contribution in [0.5, 0.6) is 0 Å². The van der Waals surface area contributed by atoms with E-state index in [1.54, 1.807) is 6.92 Å². The summed E-state index contributed by atoms with van der Waals surface area (Å²) in [7, 11) is 0. The minimum Gasteiger partial charge on any atom is -0.295 e. The molecule has 2 aromatic carbocycles. The van der Waals surface area contributed by atoms with Crippen LogP contribution in [0.3, 0.4) is 0 Å². The van der Waals surface area contributed by atoms with Gasteiger partial charge in [-0.25, -0.2) is 0 Å². The fourth-order valence-electron chi connectivity index (χ4n) is 2.96. The predicted octanol–water partition coefficient (Wildman–Crippen LogP) is 4.56. The van der Waals surface area contributed by atoms with E-state index in [4.69, 9.17) is 0 Å². The average Bonchev–Trinajstić information content (AvgIpc) is 2.76.